The fourth-order valence-electron chi connectivity index (χ4n) is 2.14. The van der Waals surface area contributed by atoms with Crippen LogP contribution < -0.4 is 10.1 Å². The van der Waals surface area contributed by atoms with Gasteiger partial charge in [0.2, 0.25) is 0 Å². The van der Waals surface area contributed by atoms with Gasteiger partial charge in [-0.25, -0.2) is 4.39 Å². The van der Waals surface area contributed by atoms with Crippen molar-refractivity contribution in [3.63, 3.8) is 0 Å². The molecule has 0 saturated carbocycles. The number of halogens is 1. The standard InChI is InChI=1S/C15H23FN2O2/c16-14-4-1-2-5-15(14)20-12-3-11-19-13-10-18-8-6-17-7-9-18/h1-2,4-5,17H,3,6-13H2. The van der Waals surface area contributed by atoms with Crippen molar-refractivity contribution < 1.29 is 13.9 Å². The molecule has 0 bridgehead atoms. The van der Waals surface area contributed by atoms with E-state index in [0.717, 1.165) is 45.8 Å². The molecule has 0 spiro atoms. The summed E-state index contributed by atoms with van der Waals surface area (Å²) in [6.45, 7) is 7.19. The predicted octanol–water partition coefficient (Wildman–Crippen LogP) is 1.52. The topological polar surface area (TPSA) is 33.7 Å². The summed E-state index contributed by atoms with van der Waals surface area (Å²) in [5.74, 6) is 0.000410. The van der Waals surface area contributed by atoms with Crippen molar-refractivity contribution in [1.82, 2.24) is 10.2 Å². The Morgan fingerprint density at radius 2 is 1.90 bits per heavy atom. The molecule has 0 unspecified atom stereocenters. The number of benzene rings is 1. The Bertz CT molecular complexity index is 384. The number of para-hydroxylation sites is 1. The molecule has 112 valence electrons. The molecule has 1 saturated heterocycles. The van der Waals surface area contributed by atoms with Crippen LogP contribution in [0.15, 0.2) is 24.3 Å². The Labute approximate surface area is 119 Å². The zero-order chi connectivity index (χ0) is 14.0. The largest absolute Gasteiger partial charge is 0.490 e. The molecule has 0 amide bonds. The van der Waals surface area contributed by atoms with E-state index in [1.165, 1.54) is 6.07 Å². The maximum absolute atomic E-state index is 13.3. The molecule has 0 atom stereocenters. The van der Waals surface area contributed by atoms with Gasteiger partial charge in [0.05, 0.1) is 13.2 Å². The van der Waals surface area contributed by atoms with Crippen LogP contribution in [0, 0.1) is 5.82 Å². The number of nitrogens with one attached hydrogen (secondary N) is 1. The highest BCUT2D eigenvalue weighted by Gasteiger charge is 2.08. The Morgan fingerprint density at radius 3 is 2.70 bits per heavy atom. The van der Waals surface area contributed by atoms with Crippen LogP contribution in [0.4, 0.5) is 4.39 Å². The van der Waals surface area contributed by atoms with Gasteiger partial charge < -0.3 is 14.8 Å². The Hall–Kier alpha value is -1.17. The number of piperazine rings is 1. The van der Waals surface area contributed by atoms with Gasteiger partial charge in [-0.15, -0.1) is 0 Å². The molecule has 1 aromatic rings. The summed E-state index contributed by atoms with van der Waals surface area (Å²) in [7, 11) is 0. The van der Waals surface area contributed by atoms with E-state index < -0.39 is 0 Å². The zero-order valence-electron chi connectivity index (χ0n) is 11.8. The van der Waals surface area contributed by atoms with Crippen molar-refractivity contribution in [1.29, 1.82) is 0 Å². The molecule has 0 aliphatic carbocycles. The summed E-state index contributed by atoms with van der Waals surface area (Å²) >= 11 is 0. The molecule has 5 heteroatoms. The molecule has 1 aliphatic rings. The summed E-state index contributed by atoms with van der Waals surface area (Å²) in [5.41, 5.74) is 0. The van der Waals surface area contributed by atoms with Crippen LogP contribution in [-0.4, -0.2) is 57.4 Å². The van der Waals surface area contributed by atoms with Crippen LogP contribution in [0.1, 0.15) is 6.42 Å². The van der Waals surface area contributed by atoms with Gasteiger partial charge in [-0.05, 0) is 12.1 Å². The van der Waals surface area contributed by atoms with Gasteiger partial charge in [0, 0.05) is 45.8 Å². The molecular formula is C15H23FN2O2. The minimum Gasteiger partial charge on any atom is -0.490 e. The molecule has 2 rings (SSSR count). The lowest BCUT2D eigenvalue weighted by molar-refractivity contribution is 0.0898. The van der Waals surface area contributed by atoms with Crippen molar-refractivity contribution >= 4 is 0 Å². The Kier molecular flexibility index (Phi) is 6.77. The molecule has 1 heterocycles. The maximum atomic E-state index is 13.3. The smallest absolute Gasteiger partial charge is 0.165 e. The van der Waals surface area contributed by atoms with Crippen LogP contribution in [0.25, 0.3) is 0 Å². The fourth-order valence-corrected chi connectivity index (χ4v) is 2.14. The predicted molar refractivity (Wildman–Crippen MR) is 76.6 cm³/mol. The SMILES string of the molecule is Fc1ccccc1OCCCOCCN1CCNCC1. The highest BCUT2D eigenvalue weighted by Crippen LogP contribution is 2.15. The van der Waals surface area contributed by atoms with E-state index in [0.29, 0.717) is 19.0 Å². The normalized spacial score (nSPS) is 16.2. The summed E-state index contributed by atoms with van der Waals surface area (Å²) < 4.78 is 24.2. The second-order valence-electron chi connectivity index (χ2n) is 4.84. The highest BCUT2D eigenvalue weighted by atomic mass is 19.1. The van der Waals surface area contributed by atoms with Crippen molar-refractivity contribution in [3.8, 4) is 5.75 Å². The van der Waals surface area contributed by atoms with Gasteiger partial charge >= 0.3 is 0 Å². The highest BCUT2D eigenvalue weighted by molar-refractivity contribution is 5.23. The van der Waals surface area contributed by atoms with Gasteiger partial charge in [0.1, 0.15) is 0 Å². The molecule has 20 heavy (non-hydrogen) atoms. The maximum Gasteiger partial charge on any atom is 0.165 e. The summed E-state index contributed by atoms with van der Waals surface area (Å²) in [5, 5.41) is 3.32. The van der Waals surface area contributed by atoms with Crippen molar-refractivity contribution in [3.05, 3.63) is 30.1 Å². The summed E-state index contributed by atoms with van der Waals surface area (Å²) in [6, 6.07) is 6.46. The lowest BCUT2D eigenvalue weighted by Gasteiger charge is -2.26. The van der Waals surface area contributed by atoms with Crippen molar-refractivity contribution in [2.75, 3.05) is 52.5 Å². The molecule has 1 aromatic carbocycles. The van der Waals surface area contributed by atoms with Crippen LogP contribution in [0.3, 0.4) is 0 Å². The van der Waals surface area contributed by atoms with Crippen LogP contribution in [0.2, 0.25) is 0 Å². The average Bonchev–Trinajstić information content (AvgIpc) is 2.49. The molecule has 0 aromatic heterocycles. The fraction of sp³-hybridized carbons (Fsp3) is 0.600. The molecular weight excluding hydrogens is 259 g/mol. The first-order valence-electron chi connectivity index (χ1n) is 7.24. The first kappa shape index (κ1) is 15.2. The number of ether oxygens (including phenoxy) is 2. The summed E-state index contributed by atoms with van der Waals surface area (Å²) in [6.07, 6.45) is 0.774. The van der Waals surface area contributed by atoms with Gasteiger partial charge in [-0.2, -0.15) is 0 Å². The second kappa shape index (κ2) is 8.89. The monoisotopic (exact) mass is 282 g/mol. The van der Waals surface area contributed by atoms with E-state index in [2.05, 4.69) is 10.2 Å². The minimum absolute atomic E-state index is 0.313. The van der Waals surface area contributed by atoms with Crippen LogP contribution in [-0.2, 0) is 4.74 Å². The number of rotatable bonds is 8. The van der Waals surface area contributed by atoms with Crippen LogP contribution in [0.5, 0.6) is 5.75 Å². The quantitative estimate of drug-likeness (QED) is 0.733. The molecule has 1 aliphatic heterocycles. The second-order valence-corrected chi connectivity index (χ2v) is 4.84. The molecule has 1 fully saturated rings. The Morgan fingerprint density at radius 1 is 1.10 bits per heavy atom. The van der Waals surface area contributed by atoms with Gasteiger partial charge in [-0.3, -0.25) is 4.90 Å². The van der Waals surface area contributed by atoms with E-state index in [4.69, 9.17) is 9.47 Å². The number of hydrogen-bond donors (Lipinski definition) is 1. The lowest BCUT2D eigenvalue weighted by atomic mass is 10.3. The third-order valence-corrected chi connectivity index (χ3v) is 3.29. The number of nitrogens with zero attached hydrogens (tertiary/aromatic N) is 1. The Balaban J connectivity index is 1.46. The average molecular weight is 282 g/mol. The summed E-state index contributed by atoms with van der Waals surface area (Å²) in [4.78, 5) is 2.40. The van der Waals surface area contributed by atoms with Crippen LogP contribution >= 0.6 is 0 Å². The van der Waals surface area contributed by atoms with Gasteiger partial charge in [0.25, 0.3) is 0 Å². The van der Waals surface area contributed by atoms with E-state index in [-0.39, 0.29) is 5.82 Å². The lowest BCUT2D eigenvalue weighted by Crippen LogP contribution is -2.44. The zero-order valence-corrected chi connectivity index (χ0v) is 11.8. The van der Waals surface area contributed by atoms with Crippen molar-refractivity contribution in [2.24, 2.45) is 0 Å². The molecule has 0 radical (unpaired) electrons. The molecule has 4 nitrogen and oxygen atoms in total. The third-order valence-electron chi connectivity index (χ3n) is 3.29. The van der Waals surface area contributed by atoms with Gasteiger partial charge in [-0.1, -0.05) is 12.1 Å². The molecule has 1 N–H and O–H groups in total. The van der Waals surface area contributed by atoms with Gasteiger partial charge in [0.15, 0.2) is 11.6 Å². The first-order chi connectivity index (χ1) is 9.86. The first-order valence-corrected chi connectivity index (χ1v) is 7.24. The van der Waals surface area contributed by atoms with E-state index in [1.807, 2.05) is 0 Å². The minimum atomic E-state index is -0.313. The van der Waals surface area contributed by atoms with Crippen molar-refractivity contribution in [2.45, 2.75) is 6.42 Å². The van der Waals surface area contributed by atoms with E-state index >= 15 is 0 Å². The van der Waals surface area contributed by atoms with E-state index in [1.54, 1.807) is 18.2 Å². The number of hydrogen-bond acceptors (Lipinski definition) is 4. The van der Waals surface area contributed by atoms with E-state index in [9.17, 15) is 4.39 Å². The third kappa shape index (κ3) is 5.45.